The van der Waals surface area contributed by atoms with Gasteiger partial charge in [0.15, 0.2) is 0 Å². The van der Waals surface area contributed by atoms with Gasteiger partial charge in [0.25, 0.3) is 0 Å². The van der Waals surface area contributed by atoms with E-state index >= 15 is 0 Å². The summed E-state index contributed by atoms with van der Waals surface area (Å²) in [7, 11) is 0. The fourth-order valence-electron chi connectivity index (χ4n) is 1.76. The highest BCUT2D eigenvalue weighted by Gasteiger charge is 2.14. The molecule has 0 unspecified atom stereocenters. The maximum atomic E-state index is 10.0. The third-order valence-corrected chi connectivity index (χ3v) is 3.54. The molecule has 0 radical (unpaired) electrons. The molecule has 0 aromatic heterocycles. The van der Waals surface area contributed by atoms with Crippen LogP contribution < -0.4 is 5.73 Å². The average molecular weight is 385 g/mol. The first-order chi connectivity index (χ1) is 8.34. The van der Waals surface area contributed by atoms with Crippen LogP contribution >= 0.6 is 31.9 Å². The molecule has 0 aromatic carbocycles. The monoisotopic (exact) mass is 383 g/mol. The Morgan fingerprint density at radius 1 is 1.28 bits per heavy atom. The van der Waals surface area contributed by atoms with Gasteiger partial charge < -0.3 is 10.8 Å². The van der Waals surface area contributed by atoms with E-state index in [9.17, 15) is 4.79 Å². The molecule has 1 fully saturated rings. The molecule has 0 heterocycles. The van der Waals surface area contributed by atoms with Gasteiger partial charge in [-0.15, -0.1) is 0 Å². The standard InChI is InChI=1S/C8H12Br2.C5H11NO2/c9-8(10)6-7-4-2-1-3-5-7;1-3(2)4(6)5(7)8/h6-7H,1-5H2;3-4H,6H2,1-2H3,(H,7,8)/t;4-/m.0/s1. The molecule has 0 bridgehead atoms. The van der Waals surface area contributed by atoms with Crippen LogP contribution in [-0.4, -0.2) is 17.1 Å². The highest BCUT2D eigenvalue weighted by Crippen LogP contribution is 2.28. The van der Waals surface area contributed by atoms with Crippen LogP contribution in [0.1, 0.15) is 46.0 Å². The third-order valence-electron chi connectivity index (χ3n) is 3.01. The lowest BCUT2D eigenvalue weighted by molar-refractivity contribution is -0.139. The highest BCUT2D eigenvalue weighted by molar-refractivity contribution is 9.28. The van der Waals surface area contributed by atoms with Gasteiger partial charge in [-0.1, -0.05) is 39.2 Å². The van der Waals surface area contributed by atoms with Gasteiger partial charge in [-0.05, 0) is 56.5 Å². The van der Waals surface area contributed by atoms with Gasteiger partial charge in [0.1, 0.15) is 6.04 Å². The Morgan fingerprint density at radius 2 is 1.78 bits per heavy atom. The number of aliphatic carboxylic acids is 1. The molecule has 0 amide bonds. The van der Waals surface area contributed by atoms with E-state index in [1.54, 1.807) is 13.8 Å². The summed E-state index contributed by atoms with van der Waals surface area (Å²) in [4.78, 5) is 10.0. The minimum atomic E-state index is -0.931. The molecule has 0 saturated heterocycles. The number of allylic oxidation sites excluding steroid dienone is 1. The minimum absolute atomic E-state index is 0.0208. The Hall–Kier alpha value is 0.130. The topological polar surface area (TPSA) is 63.3 Å². The molecule has 1 saturated carbocycles. The van der Waals surface area contributed by atoms with Crippen molar-refractivity contribution in [3.63, 3.8) is 0 Å². The maximum absolute atomic E-state index is 10.0. The van der Waals surface area contributed by atoms with Crippen molar-refractivity contribution in [2.75, 3.05) is 0 Å². The number of rotatable bonds is 3. The van der Waals surface area contributed by atoms with Crippen molar-refractivity contribution in [2.24, 2.45) is 17.6 Å². The smallest absolute Gasteiger partial charge is 0.320 e. The molecular weight excluding hydrogens is 362 g/mol. The first kappa shape index (κ1) is 18.1. The van der Waals surface area contributed by atoms with Crippen LogP contribution in [0.25, 0.3) is 0 Å². The molecule has 0 aliphatic heterocycles. The van der Waals surface area contributed by atoms with Gasteiger partial charge in [0.2, 0.25) is 0 Å². The van der Waals surface area contributed by atoms with Gasteiger partial charge in [0.05, 0.1) is 3.39 Å². The van der Waals surface area contributed by atoms with Crippen molar-refractivity contribution in [3.8, 4) is 0 Å². The van der Waals surface area contributed by atoms with Crippen molar-refractivity contribution in [1.29, 1.82) is 0 Å². The fraction of sp³-hybridized carbons (Fsp3) is 0.769. The molecule has 3 N–H and O–H groups in total. The second kappa shape index (κ2) is 9.98. The molecular formula is C13H23Br2NO2. The van der Waals surface area contributed by atoms with E-state index in [-0.39, 0.29) is 5.92 Å². The summed E-state index contributed by atoms with van der Waals surface area (Å²) < 4.78 is 1.12. The molecule has 1 aliphatic carbocycles. The predicted molar refractivity (Wildman–Crippen MR) is 83.0 cm³/mol. The number of hydrogen-bond acceptors (Lipinski definition) is 2. The zero-order chi connectivity index (χ0) is 14.1. The van der Waals surface area contributed by atoms with Crippen LogP contribution in [-0.2, 0) is 4.79 Å². The molecule has 1 aliphatic rings. The summed E-state index contributed by atoms with van der Waals surface area (Å²) in [6.45, 7) is 3.55. The largest absolute Gasteiger partial charge is 0.480 e. The Bertz CT molecular complexity index is 270. The Morgan fingerprint density at radius 3 is 2.06 bits per heavy atom. The Labute approximate surface area is 126 Å². The van der Waals surface area contributed by atoms with E-state index in [0.29, 0.717) is 0 Å². The molecule has 0 aromatic rings. The van der Waals surface area contributed by atoms with E-state index in [0.717, 1.165) is 9.31 Å². The van der Waals surface area contributed by atoms with E-state index in [1.807, 2.05) is 0 Å². The van der Waals surface area contributed by atoms with E-state index in [2.05, 4.69) is 37.9 Å². The van der Waals surface area contributed by atoms with Crippen LogP contribution in [0.15, 0.2) is 9.47 Å². The molecule has 3 nitrogen and oxygen atoms in total. The van der Waals surface area contributed by atoms with Crippen molar-refractivity contribution in [3.05, 3.63) is 9.47 Å². The maximum Gasteiger partial charge on any atom is 0.320 e. The lowest BCUT2D eigenvalue weighted by Crippen LogP contribution is -2.34. The summed E-state index contributed by atoms with van der Waals surface area (Å²) in [6.07, 6.45) is 9.29. The molecule has 5 heteroatoms. The van der Waals surface area contributed by atoms with Crippen molar-refractivity contribution in [2.45, 2.75) is 52.0 Å². The van der Waals surface area contributed by atoms with Crippen LogP contribution in [0.3, 0.4) is 0 Å². The quantitative estimate of drug-likeness (QED) is 0.764. The predicted octanol–water partition coefficient (Wildman–Crippen LogP) is 4.25. The second-order valence-corrected chi connectivity index (χ2v) is 7.74. The summed E-state index contributed by atoms with van der Waals surface area (Å²) in [5.74, 6) is -0.0880. The van der Waals surface area contributed by atoms with E-state index in [1.165, 1.54) is 32.1 Å². The van der Waals surface area contributed by atoms with Crippen LogP contribution in [0, 0.1) is 11.8 Å². The zero-order valence-corrected chi connectivity index (χ0v) is 14.2. The van der Waals surface area contributed by atoms with Gasteiger partial charge >= 0.3 is 5.97 Å². The number of hydrogen-bond donors (Lipinski definition) is 2. The minimum Gasteiger partial charge on any atom is -0.480 e. The third kappa shape index (κ3) is 9.11. The summed E-state index contributed by atoms with van der Waals surface area (Å²) in [5, 5.41) is 8.23. The van der Waals surface area contributed by atoms with E-state index in [4.69, 9.17) is 10.8 Å². The Balaban J connectivity index is 0.000000331. The molecule has 18 heavy (non-hydrogen) atoms. The Kier molecular flexibility index (Phi) is 10.1. The highest BCUT2D eigenvalue weighted by atomic mass is 79.9. The summed E-state index contributed by atoms with van der Waals surface area (Å²) in [6, 6.07) is -0.713. The number of carbonyl (C=O) groups is 1. The number of carboxylic acid groups (broad SMARTS) is 1. The number of nitrogens with two attached hydrogens (primary N) is 1. The van der Waals surface area contributed by atoms with Crippen molar-refractivity contribution < 1.29 is 9.90 Å². The van der Waals surface area contributed by atoms with Crippen LogP contribution in [0.4, 0.5) is 0 Å². The van der Waals surface area contributed by atoms with Gasteiger partial charge in [-0.2, -0.15) is 0 Å². The first-order valence-corrected chi connectivity index (χ1v) is 7.94. The van der Waals surface area contributed by atoms with Crippen LogP contribution in [0.2, 0.25) is 0 Å². The zero-order valence-electron chi connectivity index (χ0n) is 11.0. The number of carboxylic acids is 1. The van der Waals surface area contributed by atoms with Crippen molar-refractivity contribution >= 4 is 37.8 Å². The van der Waals surface area contributed by atoms with Crippen molar-refractivity contribution in [1.82, 2.24) is 0 Å². The van der Waals surface area contributed by atoms with Gasteiger partial charge in [-0.25, -0.2) is 0 Å². The van der Waals surface area contributed by atoms with Crippen LogP contribution in [0.5, 0.6) is 0 Å². The van der Waals surface area contributed by atoms with E-state index < -0.39 is 12.0 Å². The normalized spacial score (nSPS) is 17.7. The first-order valence-electron chi connectivity index (χ1n) is 6.35. The second-order valence-electron chi connectivity index (χ2n) is 4.96. The molecule has 1 rings (SSSR count). The van der Waals surface area contributed by atoms with Gasteiger partial charge in [0, 0.05) is 0 Å². The lowest BCUT2D eigenvalue weighted by Gasteiger charge is -2.17. The lowest BCUT2D eigenvalue weighted by atomic mass is 9.90. The average Bonchev–Trinajstić information content (AvgIpc) is 2.29. The number of halogens is 2. The fourth-order valence-corrected chi connectivity index (χ4v) is 2.51. The summed E-state index contributed by atoms with van der Waals surface area (Å²) >= 11 is 6.78. The molecule has 0 spiro atoms. The SMILES string of the molecule is BrC(Br)=CC1CCCCC1.CC(C)[C@H](N)C(=O)O. The molecule has 1 atom stereocenters. The summed E-state index contributed by atoms with van der Waals surface area (Å²) in [5.41, 5.74) is 5.16. The molecule has 106 valence electrons. The van der Waals surface area contributed by atoms with Gasteiger partial charge in [-0.3, -0.25) is 4.79 Å².